The Bertz CT molecular complexity index is 810. The number of carbonyl (C=O) groups excluding carboxylic acids is 1. The highest BCUT2D eigenvalue weighted by Gasteiger charge is 2.51. The summed E-state index contributed by atoms with van der Waals surface area (Å²) in [4.78, 5) is 17.4. The Morgan fingerprint density at radius 3 is 2.33 bits per heavy atom. The average Bonchev–Trinajstić information content (AvgIpc) is 3.09. The Hall–Kier alpha value is -2.08. The molecule has 2 aromatic rings. The first-order valence-corrected chi connectivity index (χ1v) is 10.7. The van der Waals surface area contributed by atoms with E-state index in [9.17, 15) is 4.79 Å². The summed E-state index contributed by atoms with van der Waals surface area (Å²) >= 11 is 1.46. The molecule has 4 bridgehead atoms. The number of nitrogens with one attached hydrogen (secondary N) is 2. The normalized spacial score (nSPS) is 30.9. The van der Waals surface area contributed by atoms with Gasteiger partial charge in [-0.05, 0) is 80.5 Å². The van der Waals surface area contributed by atoms with Crippen LogP contribution in [0.3, 0.4) is 0 Å². The zero-order valence-corrected chi connectivity index (χ0v) is 16.3. The minimum atomic E-state index is -0.0176. The van der Waals surface area contributed by atoms with E-state index in [0.29, 0.717) is 5.69 Å². The van der Waals surface area contributed by atoms with Gasteiger partial charge < -0.3 is 15.4 Å². The maximum atomic E-state index is 12.9. The molecule has 4 fully saturated rings. The molecule has 142 valence electrons. The van der Waals surface area contributed by atoms with Gasteiger partial charge in [-0.1, -0.05) is 0 Å². The number of amides is 1. The maximum absolute atomic E-state index is 12.9. The fraction of sp³-hybridized carbons (Fsp3) is 0.524. The molecule has 0 atom stereocenters. The predicted octanol–water partition coefficient (Wildman–Crippen LogP) is 4.59. The lowest BCUT2D eigenvalue weighted by Gasteiger charge is -2.56. The van der Waals surface area contributed by atoms with E-state index in [4.69, 9.17) is 4.74 Å². The number of hydrogen-bond acceptors (Lipinski definition) is 5. The van der Waals surface area contributed by atoms with Crippen molar-refractivity contribution in [3.05, 3.63) is 35.3 Å². The van der Waals surface area contributed by atoms with Gasteiger partial charge in [0.15, 0.2) is 5.13 Å². The Kier molecular flexibility index (Phi) is 4.11. The minimum absolute atomic E-state index is 0.0176. The van der Waals surface area contributed by atoms with Crippen molar-refractivity contribution < 1.29 is 9.53 Å². The van der Waals surface area contributed by atoms with Crippen molar-refractivity contribution in [2.45, 2.75) is 44.1 Å². The number of hydrogen-bond donors (Lipinski definition) is 2. The molecule has 0 saturated heterocycles. The van der Waals surface area contributed by atoms with Crippen molar-refractivity contribution in [1.29, 1.82) is 0 Å². The number of carbonyl (C=O) groups is 1. The highest BCUT2D eigenvalue weighted by Crippen LogP contribution is 2.55. The second-order valence-electron chi connectivity index (χ2n) is 8.54. The topological polar surface area (TPSA) is 63.2 Å². The molecule has 5 nitrogen and oxygen atoms in total. The molecule has 6 heteroatoms. The van der Waals surface area contributed by atoms with E-state index in [1.54, 1.807) is 7.11 Å². The van der Waals surface area contributed by atoms with Crippen LogP contribution < -0.4 is 15.4 Å². The molecule has 1 aromatic heterocycles. The predicted molar refractivity (Wildman–Crippen MR) is 107 cm³/mol. The van der Waals surface area contributed by atoms with Crippen LogP contribution in [0.1, 0.15) is 49.0 Å². The summed E-state index contributed by atoms with van der Waals surface area (Å²) in [5, 5.41) is 9.24. The van der Waals surface area contributed by atoms with Gasteiger partial charge in [0.1, 0.15) is 11.4 Å². The Balaban J connectivity index is 1.26. The molecule has 1 aromatic carbocycles. The van der Waals surface area contributed by atoms with Crippen molar-refractivity contribution in [2.75, 3.05) is 12.4 Å². The van der Waals surface area contributed by atoms with Crippen molar-refractivity contribution in [3.63, 3.8) is 0 Å². The molecule has 1 heterocycles. The molecule has 1 amide bonds. The minimum Gasteiger partial charge on any atom is -0.497 e. The summed E-state index contributed by atoms with van der Waals surface area (Å²) in [6, 6.07) is 7.68. The quantitative estimate of drug-likeness (QED) is 0.792. The molecule has 0 radical (unpaired) electrons. The van der Waals surface area contributed by atoms with E-state index >= 15 is 0 Å². The largest absolute Gasteiger partial charge is 0.497 e. The molecule has 0 unspecified atom stereocenters. The summed E-state index contributed by atoms with van der Waals surface area (Å²) in [6.45, 7) is 0. The number of benzene rings is 1. The molecule has 6 rings (SSSR count). The van der Waals surface area contributed by atoms with E-state index in [2.05, 4.69) is 15.6 Å². The van der Waals surface area contributed by atoms with Crippen LogP contribution in [0, 0.1) is 17.8 Å². The number of methoxy groups -OCH3 is 1. The van der Waals surface area contributed by atoms with Crippen LogP contribution in [-0.4, -0.2) is 23.5 Å². The number of nitrogens with zero attached hydrogens (tertiary/aromatic N) is 1. The van der Waals surface area contributed by atoms with E-state index < -0.39 is 0 Å². The second-order valence-corrected chi connectivity index (χ2v) is 9.40. The van der Waals surface area contributed by atoms with Crippen molar-refractivity contribution in [1.82, 2.24) is 10.3 Å². The van der Waals surface area contributed by atoms with Gasteiger partial charge in [0, 0.05) is 16.6 Å². The van der Waals surface area contributed by atoms with Crippen molar-refractivity contribution >= 4 is 28.1 Å². The van der Waals surface area contributed by atoms with Gasteiger partial charge in [-0.2, -0.15) is 0 Å². The van der Waals surface area contributed by atoms with E-state index in [-0.39, 0.29) is 11.4 Å². The fourth-order valence-electron chi connectivity index (χ4n) is 5.80. The van der Waals surface area contributed by atoms with Gasteiger partial charge in [0.25, 0.3) is 5.91 Å². The van der Waals surface area contributed by atoms with Gasteiger partial charge in [0.05, 0.1) is 7.11 Å². The zero-order chi connectivity index (χ0) is 18.4. The Morgan fingerprint density at radius 2 is 1.74 bits per heavy atom. The molecule has 0 aliphatic heterocycles. The zero-order valence-electron chi connectivity index (χ0n) is 15.5. The van der Waals surface area contributed by atoms with E-state index in [1.165, 1.54) is 30.6 Å². The van der Waals surface area contributed by atoms with Crippen molar-refractivity contribution in [3.8, 4) is 5.75 Å². The SMILES string of the molecule is COc1ccc(Nc2nc(C(=O)NC34CC5CC(CC(C5)C3)C4)cs2)cc1. The van der Waals surface area contributed by atoms with Crippen LogP contribution in [0.4, 0.5) is 10.8 Å². The summed E-state index contributed by atoms with van der Waals surface area (Å²) < 4.78 is 5.18. The molecule has 2 N–H and O–H groups in total. The van der Waals surface area contributed by atoms with Gasteiger partial charge in [-0.3, -0.25) is 4.79 Å². The lowest BCUT2D eigenvalue weighted by Crippen LogP contribution is -2.59. The lowest BCUT2D eigenvalue weighted by molar-refractivity contribution is -0.0167. The van der Waals surface area contributed by atoms with Crippen LogP contribution >= 0.6 is 11.3 Å². The van der Waals surface area contributed by atoms with Crippen LogP contribution in [-0.2, 0) is 0 Å². The number of anilines is 2. The maximum Gasteiger partial charge on any atom is 0.271 e. The summed E-state index contributed by atoms with van der Waals surface area (Å²) in [5.74, 6) is 3.25. The fourth-order valence-corrected chi connectivity index (χ4v) is 6.51. The highest BCUT2D eigenvalue weighted by molar-refractivity contribution is 7.14. The van der Waals surface area contributed by atoms with Gasteiger partial charge in [-0.15, -0.1) is 11.3 Å². The van der Waals surface area contributed by atoms with E-state index in [1.807, 2.05) is 29.6 Å². The number of rotatable bonds is 5. The summed E-state index contributed by atoms with van der Waals surface area (Å²) in [5.41, 5.74) is 1.48. The number of ether oxygens (including phenoxy) is 1. The van der Waals surface area contributed by atoms with Gasteiger partial charge in [0.2, 0.25) is 0 Å². The second kappa shape index (κ2) is 6.51. The highest BCUT2D eigenvalue weighted by atomic mass is 32.1. The molecule has 4 aliphatic carbocycles. The summed E-state index contributed by atoms with van der Waals surface area (Å²) in [7, 11) is 1.65. The average molecular weight is 384 g/mol. The van der Waals surface area contributed by atoms with Crippen LogP contribution in [0.15, 0.2) is 29.6 Å². The molecular formula is C21H25N3O2S. The standard InChI is InChI=1S/C21H25N3O2S/c1-26-17-4-2-16(3-5-17)22-20-23-18(12-27-20)19(25)24-21-9-13-6-14(10-21)8-15(7-13)11-21/h2-5,12-15H,6-11H2,1H3,(H,22,23)(H,24,25). The Morgan fingerprint density at radius 1 is 1.11 bits per heavy atom. The number of aromatic nitrogens is 1. The van der Waals surface area contributed by atoms with E-state index in [0.717, 1.165) is 53.6 Å². The van der Waals surface area contributed by atoms with Crippen LogP contribution in [0.5, 0.6) is 5.75 Å². The molecule has 0 spiro atoms. The molecule has 4 aliphatic rings. The Labute approximate surface area is 163 Å². The molecule has 27 heavy (non-hydrogen) atoms. The number of thiazole rings is 1. The monoisotopic (exact) mass is 383 g/mol. The third kappa shape index (κ3) is 3.31. The van der Waals surface area contributed by atoms with Crippen molar-refractivity contribution in [2.24, 2.45) is 17.8 Å². The molecular weight excluding hydrogens is 358 g/mol. The summed E-state index contributed by atoms with van der Waals surface area (Å²) in [6.07, 6.45) is 7.61. The first-order chi connectivity index (χ1) is 13.1. The first kappa shape index (κ1) is 17.0. The van der Waals surface area contributed by atoms with Crippen LogP contribution in [0.25, 0.3) is 0 Å². The van der Waals surface area contributed by atoms with Crippen LogP contribution in [0.2, 0.25) is 0 Å². The van der Waals surface area contributed by atoms with Gasteiger partial charge >= 0.3 is 0 Å². The third-order valence-electron chi connectivity index (χ3n) is 6.50. The molecule has 4 saturated carbocycles. The van der Waals surface area contributed by atoms with Gasteiger partial charge in [-0.25, -0.2) is 4.98 Å². The first-order valence-electron chi connectivity index (χ1n) is 9.80. The lowest BCUT2D eigenvalue weighted by atomic mass is 9.53. The smallest absolute Gasteiger partial charge is 0.271 e. The third-order valence-corrected chi connectivity index (χ3v) is 7.25.